The molecule has 0 bridgehead atoms. The molecule has 0 spiro atoms. The number of pyridine rings is 1. The van der Waals surface area contributed by atoms with Crippen LogP contribution in [0.5, 0.6) is 0 Å². The molecule has 0 saturated heterocycles. The fourth-order valence-corrected chi connectivity index (χ4v) is 1.84. The normalized spacial score (nSPS) is 9.83. The number of rotatable bonds is 2. The van der Waals surface area contributed by atoms with E-state index in [-0.39, 0.29) is 5.69 Å². The fourth-order valence-electron chi connectivity index (χ4n) is 0.675. The molecule has 0 radical (unpaired) electrons. The number of hydrogen-bond acceptors (Lipinski definition) is 3. The molecule has 0 aliphatic rings. The Balaban J connectivity index is 3.13. The van der Waals surface area contributed by atoms with E-state index < -0.39 is 4.92 Å². The van der Waals surface area contributed by atoms with Crippen LogP contribution in [0.3, 0.4) is 0 Å². The van der Waals surface area contributed by atoms with Gasteiger partial charge in [-0.25, -0.2) is 4.98 Å². The lowest BCUT2D eigenvalue weighted by Gasteiger charge is -1.97. The highest BCUT2D eigenvalue weighted by Gasteiger charge is 2.09. The molecule has 1 rings (SSSR count). The first-order valence-corrected chi connectivity index (χ1v) is 4.91. The predicted molar refractivity (Wildman–Crippen MR) is 51.2 cm³/mol. The molecule has 1 aromatic rings. The maximum Gasteiger partial charge on any atom is 0.287 e. The van der Waals surface area contributed by atoms with Gasteiger partial charge in [0, 0.05) is 17.0 Å². The van der Waals surface area contributed by atoms with Crippen LogP contribution in [-0.2, 0) is 5.33 Å². The molecule has 0 saturated carbocycles. The quantitative estimate of drug-likeness (QED) is 0.365. The van der Waals surface area contributed by atoms with Crippen LogP contribution in [0.1, 0.15) is 5.56 Å². The Bertz CT molecular complexity index is 316. The van der Waals surface area contributed by atoms with E-state index in [1.807, 2.05) is 0 Å². The summed E-state index contributed by atoms with van der Waals surface area (Å²) < 4.78 is 0.630. The number of hydrogen-bond donors (Lipinski definition) is 0. The lowest BCUT2D eigenvalue weighted by molar-refractivity contribution is -0.385. The lowest BCUT2D eigenvalue weighted by Crippen LogP contribution is -1.92. The van der Waals surface area contributed by atoms with Gasteiger partial charge in [-0.15, -0.1) is 0 Å². The number of nitro groups is 1. The Morgan fingerprint density at radius 2 is 2.33 bits per heavy atom. The van der Waals surface area contributed by atoms with Gasteiger partial charge in [-0.2, -0.15) is 0 Å². The van der Waals surface area contributed by atoms with Gasteiger partial charge >= 0.3 is 0 Å². The van der Waals surface area contributed by atoms with Crippen LogP contribution in [0.25, 0.3) is 0 Å². The molecule has 0 fully saturated rings. The van der Waals surface area contributed by atoms with Crippen molar-refractivity contribution in [2.45, 2.75) is 5.33 Å². The first kappa shape index (κ1) is 9.60. The topological polar surface area (TPSA) is 56.0 Å². The van der Waals surface area contributed by atoms with E-state index in [0.717, 1.165) is 5.56 Å². The summed E-state index contributed by atoms with van der Waals surface area (Å²) >= 11 is 6.37. The summed E-state index contributed by atoms with van der Waals surface area (Å²) in [5, 5.41) is 10.9. The van der Waals surface area contributed by atoms with Crippen molar-refractivity contribution in [3.8, 4) is 0 Å². The standard InChI is InChI=1S/C6H4Br2N2O2/c7-2-4-1-5(10(11)12)3-9-6(4)8/h1,3H,2H2. The second kappa shape index (κ2) is 3.95. The van der Waals surface area contributed by atoms with Gasteiger partial charge in [-0.1, -0.05) is 15.9 Å². The molecule has 12 heavy (non-hydrogen) atoms. The molecule has 0 aromatic carbocycles. The Kier molecular flexibility index (Phi) is 3.16. The average molecular weight is 296 g/mol. The van der Waals surface area contributed by atoms with Crippen LogP contribution in [0.2, 0.25) is 0 Å². The van der Waals surface area contributed by atoms with Gasteiger partial charge in [0.1, 0.15) is 10.8 Å². The molecular weight excluding hydrogens is 292 g/mol. The van der Waals surface area contributed by atoms with Gasteiger partial charge < -0.3 is 0 Å². The van der Waals surface area contributed by atoms with Gasteiger partial charge in [0.25, 0.3) is 5.69 Å². The van der Waals surface area contributed by atoms with Crippen molar-refractivity contribution >= 4 is 37.5 Å². The molecule has 4 nitrogen and oxygen atoms in total. The molecule has 0 unspecified atom stereocenters. The maximum atomic E-state index is 10.3. The van der Waals surface area contributed by atoms with E-state index in [1.54, 1.807) is 0 Å². The van der Waals surface area contributed by atoms with E-state index in [9.17, 15) is 10.1 Å². The largest absolute Gasteiger partial charge is 0.287 e. The summed E-state index contributed by atoms with van der Waals surface area (Å²) in [5.74, 6) is 0. The second-order valence-corrected chi connectivity index (χ2v) is 3.35. The van der Waals surface area contributed by atoms with Crippen molar-refractivity contribution in [2.24, 2.45) is 0 Å². The smallest absolute Gasteiger partial charge is 0.258 e. The van der Waals surface area contributed by atoms with Crippen molar-refractivity contribution in [1.82, 2.24) is 4.98 Å². The molecule has 6 heteroatoms. The molecule has 1 heterocycles. The van der Waals surface area contributed by atoms with E-state index in [0.29, 0.717) is 9.93 Å². The SMILES string of the molecule is O=[N+]([O-])c1cnc(Br)c(CBr)c1. The Morgan fingerprint density at radius 3 is 2.83 bits per heavy atom. The third-order valence-corrected chi connectivity index (χ3v) is 2.57. The van der Waals surface area contributed by atoms with Crippen molar-refractivity contribution in [3.63, 3.8) is 0 Å². The molecule has 0 aliphatic carbocycles. The van der Waals surface area contributed by atoms with Crippen molar-refractivity contribution in [2.75, 3.05) is 0 Å². The number of aromatic nitrogens is 1. The minimum absolute atomic E-state index is 0.00708. The Hall–Kier alpha value is -0.490. The second-order valence-electron chi connectivity index (χ2n) is 2.03. The number of nitrogens with zero attached hydrogens (tertiary/aromatic N) is 2. The van der Waals surface area contributed by atoms with Gasteiger partial charge in [0.05, 0.1) is 4.92 Å². The lowest BCUT2D eigenvalue weighted by atomic mass is 10.3. The van der Waals surface area contributed by atoms with Gasteiger partial charge in [0.15, 0.2) is 0 Å². The monoisotopic (exact) mass is 294 g/mol. The average Bonchev–Trinajstić information content (AvgIpc) is 2.05. The summed E-state index contributed by atoms with van der Waals surface area (Å²) in [5.41, 5.74) is 0.775. The first-order valence-electron chi connectivity index (χ1n) is 3.00. The third-order valence-electron chi connectivity index (χ3n) is 1.25. The van der Waals surface area contributed by atoms with Crippen LogP contribution in [0.15, 0.2) is 16.9 Å². The molecule has 1 aromatic heterocycles. The zero-order chi connectivity index (χ0) is 9.14. The summed E-state index contributed by atoms with van der Waals surface area (Å²) in [6.07, 6.45) is 1.22. The van der Waals surface area contributed by atoms with E-state index in [1.165, 1.54) is 12.3 Å². The molecule has 0 atom stereocenters. The molecule has 0 amide bonds. The van der Waals surface area contributed by atoms with Crippen molar-refractivity contribution < 1.29 is 4.92 Å². The third kappa shape index (κ3) is 2.01. The summed E-state index contributed by atoms with van der Waals surface area (Å²) in [4.78, 5) is 13.7. The van der Waals surface area contributed by atoms with E-state index in [2.05, 4.69) is 36.8 Å². The minimum atomic E-state index is -0.467. The van der Waals surface area contributed by atoms with Crippen LogP contribution in [0.4, 0.5) is 5.69 Å². The predicted octanol–water partition coefficient (Wildman–Crippen LogP) is 2.65. The Labute approximate surface area is 85.4 Å². The number of alkyl halides is 1. The molecule has 64 valence electrons. The number of halogens is 2. The highest BCUT2D eigenvalue weighted by Crippen LogP contribution is 2.21. The Morgan fingerprint density at radius 1 is 1.67 bits per heavy atom. The minimum Gasteiger partial charge on any atom is -0.258 e. The zero-order valence-electron chi connectivity index (χ0n) is 5.83. The summed E-state index contributed by atoms with van der Waals surface area (Å²) in [6.45, 7) is 0. The van der Waals surface area contributed by atoms with E-state index >= 15 is 0 Å². The van der Waals surface area contributed by atoms with Crippen LogP contribution in [0, 0.1) is 10.1 Å². The van der Waals surface area contributed by atoms with Gasteiger partial charge in [0.2, 0.25) is 0 Å². The molecule has 0 N–H and O–H groups in total. The summed E-state index contributed by atoms with van der Waals surface area (Å²) in [6, 6.07) is 1.48. The summed E-state index contributed by atoms with van der Waals surface area (Å²) in [7, 11) is 0. The van der Waals surface area contributed by atoms with Crippen LogP contribution >= 0.6 is 31.9 Å². The maximum absolute atomic E-state index is 10.3. The highest BCUT2D eigenvalue weighted by molar-refractivity contribution is 9.10. The van der Waals surface area contributed by atoms with Gasteiger partial charge in [-0.05, 0) is 15.9 Å². The van der Waals surface area contributed by atoms with E-state index in [4.69, 9.17) is 0 Å². The van der Waals surface area contributed by atoms with Crippen molar-refractivity contribution in [3.05, 3.63) is 32.5 Å². The van der Waals surface area contributed by atoms with Crippen LogP contribution in [-0.4, -0.2) is 9.91 Å². The highest BCUT2D eigenvalue weighted by atomic mass is 79.9. The van der Waals surface area contributed by atoms with Crippen molar-refractivity contribution in [1.29, 1.82) is 0 Å². The van der Waals surface area contributed by atoms with Gasteiger partial charge in [-0.3, -0.25) is 10.1 Å². The molecular formula is C6H4Br2N2O2. The first-order chi connectivity index (χ1) is 5.65. The van der Waals surface area contributed by atoms with Crippen LogP contribution < -0.4 is 0 Å². The fraction of sp³-hybridized carbons (Fsp3) is 0.167. The molecule has 0 aliphatic heterocycles. The zero-order valence-corrected chi connectivity index (χ0v) is 9.00.